The number of allylic oxidation sites excluding steroid dienone is 1. The van der Waals surface area contributed by atoms with E-state index in [4.69, 9.17) is 10.4 Å². The molecule has 10 aromatic carbocycles. The number of fused-ring (bicyclic) bond motifs is 6. The second kappa shape index (κ2) is 16.0. The van der Waals surface area contributed by atoms with Crippen molar-refractivity contribution in [2.75, 3.05) is 0 Å². The summed E-state index contributed by atoms with van der Waals surface area (Å²) in [6.07, 6.45) is 4.19. The summed E-state index contributed by atoms with van der Waals surface area (Å²) in [6.45, 7) is 0. The van der Waals surface area contributed by atoms with Crippen LogP contribution in [0.5, 0.6) is 0 Å². The predicted octanol–water partition coefficient (Wildman–Crippen LogP) is 15.2. The zero-order valence-corrected chi connectivity index (χ0v) is 34.6. The molecule has 0 spiro atoms. The van der Waals surface area contributed by atoms with E-state index in [9.17, 15) is 0 Å². The van der Waals surface area contributed by atoms with Gasteiger partial charge in [-0.2, -0.15) is 0 Å². The van der Waals surface area contributed by atoms with E-state index in [0.29, 0.717) is 0 Å². The highest BCUT2D eigenvalue weighted by Crippen LogP contribution is 2.58. The van der Waals surface area contributed by atoms with Gasteiger partial charge in [-0.25, -0.2) is 4.99 Å². The Hall–Kier alpha value is -8.20. The zero-order chi connectivity index (χ0) is 42.2. The smallest absolute Gasteiger partial charge is 0.152 e. The number of hydrogen-bond acceptors (Lipinski definition) is 1. The van der Waals surface area contributed by atoms with Gasteiger partial charge in [0, 0.05) is 11.1 Å². The Labute approximate surface area is 368 Å². The van der Waals surface area contributed by atoms with Crippen LogP contribution < -0.4 is 0 Å². The average molecular weight is 803 g/mol. The third-order valence-electron chi connectivity index (χ3n) is 12.7. The molecule has 0 radical (unpaired) electrons. The number of hydrogen-bond donors (Lipinski definition) is 1. The maximum absolute atomic E-state index is 9.07. The van der Waals surface area contributed by atoms with Gasteiger partial charge in [-0.15, -0.1) is 0 Å². The maximum Gasteiger partial charge on any atom is 0.152 e. The lowest BCUT2D eigenvalue weighted by Crippen LogP contribution is -2.28. The van der Waals surface area contributed by atoms with Gasteiger partial charge in [0.15, 0.2) is 5.84 Å². The molecule has 11 rings (SSSR count). The van der Waals surface area contributed by atoms with E-state index in [1.807, 2.05) is 54.6 Å². The molecule has 0 saturated carbocycles. The van der Waals surface area contributed by atoms with Gasteiger partial charge in [0.1, 0.15) is 0 Å². The van der Waals surface area contributed by atoms with Crippen molar-refractivity contribution in [3.63, 3.8) is 0 Å². The van der Waals surface area contributed by atoms with E-state index in [1.165, 1.54) is 60.7 Å². The molecule has 0 amide bonds. The quantitative estimate of drug-likeness (QED) is 0.117. The maximum atomic E-state index is 9.07. The monoisotopic (exact) mass is 802 g/mol. The molecular formula is C61H42N2. The van der Waals surface area contributed by atoms with Gasteiger partial charge in [0.05, 0.1) is 11.1 Å². The highest BCUT2D eigenvalue weighted by atomic mass is 14.8. The Kier molecular flexibility index (Phi) is 9.60. The van der Waals surface area contributed by atoms with Crippen molar-refractivity contribution in [2.24, 2.45) is 4.99 Å². The first kappa shape index (κ1) is 37.8. The van der Waals surface area contributed by atoms with Crippen LogP contribution in [0.1, 0.15) is 38.9 Å². The highest BCUT2D eigenvalue weighted by molar-refractivity contribution is 6.18. The van der Waals surface area contributed by atoms with E-state index in [0.717, 1.165) is 38.9 Å². The Morgan fingerprint density at radius 2 is 0.968 bits per heavy atom. The molecule has 296 valence electrons. The number of nitrogens with zero attached hydrogens (tertiary/aromatic N) is 1. The molecule has 1 aliphatic rings. The summed E-state index contributed by atoms with van der Waals surface area (Å²) >= 11 is 0. The molecule has 2 heteroatoms. The minimum absolute atomic E-state index is 0.216. The van der Waals surface area contributed by atoms with Gasteiger partial charge in [0.25, 0.3) is 0 Å². The fourth-order valence-corrected chi connectivity index (χ4v) is 9.76. The van der Waals surface area contributed by atoms with Crippen molar-refractivity contribution in [2.45, 2.75) is 5.41 Å². The average Bonchev–Trinajstić information content (AvgIpc) is 3.67. The van der Waals surface area contributed by atoms with Crippen molar-refractivity contribution in [3.8, 4) is 33.4 Å². The van der Waals surface area contributed by atoms with Crippen LogP contribution in [0.3, 0.4) is 0 Å². The molecule has 0 atom stereocenters. The number of benzene rings is 10. The second-order valence-corrected chi connectivity index (χ2v) is 16.2. The van der Waals surface area contributed by atoms with Gasteiger partial charge >= 0.3 is 0 Å². The summed E-state index contributed by atoms with van der Waals surface area (Å²) in [7, 11) is 0. The molecule has 0 fully saturated rings. The van der Waals surface area contributed by atoms with Gasteiger partial charge in [-0.05, 0) is 94.9 Å². The minimum Gasteiger partial charge on any atom is -0.282 e. The number of nitrogens with one attached hydrogen (secondary N) is 1. The Bertz CT molecular complexity index is 3330. The molecule has 0 saturated heterocycles. The van der Waals surface area contributed by atoms with Crippen LogP contribution in [0, 0.1) is 5.41 Å². The molecule has 1 N–H and O–H groups in total. The fraction of sp³-hybridized carbons (Fsp3) is 0.0164. The molecule has 1 aliphatic carbocycles. The first-order valence-corrected chi connectivity index (χ1v) is 21.5. The van der Waals surface area contributed by atoms with E-state index in [2.05, 4.69) is 194 Å². The van der Waals surface area contributed by atoms with Crippen molar-refractivity contribution in [3.05, 3.63) is 282 Å². The highest BCUT2D eigenvalue weighted by Gasteiger charge is 2.46. The lowest BCUT2D eigenvalue weighted by atomic mass is 9.67. The molecule has 0 bridgehead atoms. The van der Waals surface area contributed by atoms with Gasteiger partial charge in [-0.1, -0.05) is 237 Å². The summed E-state index contributed by atoms with van der Waals surface area (Å²) < 4.78 is 0. The molecule has 0 aromatic heterocycles. The Morgan fingerprint density at radius 3 is 1.67 bits per heavy atom. The first-order chi connectivity index (χ1) is 31.2. The van der Waals surface area contributed by atoms with Gasteiger partial charge in [-0.3, -0.25) is 5.41 Å². The summed E-state index contributed by atoms with van der Waals surface area (Å²) in [5.41, 5.74) is 15.4. The molecule has 0 unspecified atom stereocenters. The SMILES string of the molecule is N=C(N=C(/C=C/c1ccc(-c2ccc3c(c2)-c2c(ccc4ccccc24)C3(c2ccccc2)c2ccccc2)c2ccccc12)c1ccccc1)c1ccc(-c2ccccc2)cc1. The lowest BCUT2D eigenvalue weighted by Gasteiger charge is -2.34. The number of aliphatic imine (C=N–C) groups is 1. The minimum atomic E-state index is -0.480. The summed E-state index contributed by atoms with van der Waals surface area (Å²) in [5, 5.41) is 13.9. The number of amidine groups is 1. The van der Waals surface area contributed by atoms with E-state index >= 15 is 0 Å². The van der Waals surface area contributed by atoms with E-state index < -0.39 is 5.41 Å². The number of rotatable bonds is 8. The van der Waals surface area contributed by atoms with Crippen molar-refractivity contribution < 1.29 is 0 Å². The Balaban J connectivity index is 1.02. The topological polar surface area (TPSA) is 36.2 Å². The molecule has 63 heavy (non-hydrogen) atoms. The van der Waals surface area contributed by atoms with Crippen LogP contribution in [0.2, 0.25) is 0 Å². The van der Waals surface area contributed by atoms with Gasteiger partial charge < -0.3 is 0 Å². The summed E-state index contributed by atoms with van der Waals surface area (Å²) in [6, 6.07) is 84.3. The van der Waals surface area contributed by atoms with Crippen LogP contribution >= 0.6 is 0 Å². The molecule has 2 nitrogen and oxygen atoms in total. The van der Waals surface area contributed by atoms with Crippen LogP contribution in [-0.4, -0.2) is 11.5 Å². The van der Waals surface area contributed by atoms with Crippen LogP contribution in [0.25, 0.3) is 61.0 Å². The second-order valence-electron chi connectivity index (χ2n) is 16.2. The zero-order valence-electron chi connectivity index (χ0n) is 34.6. The molecule has 0 aliphatic heterocycles. The molecule has 10 aromatic rings. The van der Waals surface area contributed by atoms with Crippen molar-refractivity contribution in [1.29, 1.82) is 5.41 Å². The largest absolute Gasteiger partial charge is 0.282 e. The van der Waals surface area contributed by atoms with Crippen LogP contribution in [0.15, 0.2) is 248 Å². The summed E-state index contributed by atoms with van der Waals surface area (Å²) in [4.78, 5) is 4.92. The fourth-order valence-electron chi connectivity index (χ4n) is 9.76. The van der Waals surface area contributed by atoms with Crippen molar-refractivity contribution >= 4 is 39.2 Å². The third kappa shape index (κ3) is 6.61. The van der Waals surface area contributed by atoms with E-state index in [-0.39, 0.29) is 5.84 Å². The molecule has 0 heterocycles. The molecular weight excluding hydrogens is 761 g/mol. The van der Waals surface area contributed by atoms with Gasteiger partial charge in [0.2, 0.25) is 0 Å². The van der Waals surface area contributed by atoms with Crippen molar-refractivity contribution in [1.82, 2.24) is 0 Å². The lowest BCUT2D eigenvalue weighted by molar-refractivity contribution is 0.769. The standard InChI is InChI=1S/C61H42N2/c62-60(47-31-29-43(30-32-47)42-17-5-1-6-18-42)63-58(46-20-7-2-8-21-46)40-36-45-33-37-52(54-28-16-15-26-51(45)54)48-35-38-56-55(41-48)59-53-27-14-13-19-44(53)34-39-57(59)61(56,49-22-9-3-10-23-49)50-24-11-4-12-25-50/h1-41,62H/b40-36+,62-60?,63-58?. The Morgan fingerprint density at radius 1 is 0.413 bits per heavy atom. The normalized spacial score (nSPS) is 13.0. The van der Waals surface area contributed by atoms with Crippen LogP contribution in [0.4, 0.5) is 0 Å². The van der Waals surface area contributed by atoms with Crippen LogP contribution in [-0.2, 0) is 5.41 Å². The first-order valence-electron chi connectivity index (χ1n) is 21.5. The predicted molar refractivity (Wildman–Crippen MR) is 265 cm³/mol. The summed E-state index contributed by atoms with van der Waals surface area (Å²) in [5.74, 6) is 0.216. The third-order valence-corrected chi connectivity index (χ3v) is 12.7. The van der Waals surface area contributed by atoms with E-state index in [1.54, 1.807) is 0 Å².